The molecular weight excluding hydrogens is 454 g/mol. The normalized spacial score (nSPS) is 11.9. The summed E-state index contributed by atoms with van der Waals surface area (Å²) < 4.78 is 32.3. The molecular formula is C25H27N3O5S. The number of hydrogen-bond donors (Lipinski definition) is 3. The second-order valence-electron chi connectivity index (χ2n) is 7.43. The zero-order chi connectivity index (χ0) is 24.4. The Bertz CT molecular complexity index is 1180. The van der Waals surface area contributed by atoms with Crippen LogP contribution in [0.15, 0.2) is 89.8 Å². The number of carbonyl (C=O) groups excluding carboxylic acids is 2. The molecule has 34 heavy (non-hydrogen) atoms. The molecule has 0 saturated carbocycles. The van der Waals surface area contributed by atoms with Crippen LogP contribution in [0.1, 0.15) is 28.4 Å². The van der Waals surface area contributed by atoms with Crippen molar-refractivity contribution in [1.82, 2.24) is 15.4 Å². The Balaban J connectivity index is 1.54. The van der Waals surface area contributed by atoms with E-state index in [1.54, 1.807) is 36.4 Å². The average molecular weight is 482 g/mol. The molecule has 3 aromatic carbocycles. The minimum atomic E-state index is -3.71. The van der Waals surface area contributed by atoms with E-state index in [0.717, 1.165) is 5.56 Å². The molecule has 178 valence electrons. The molecule has 0 fully saturated rings. The molecule has 0 aromatic heterocycles. The zero-order valence-corrected chi connectivity index (χ0v) is 19.5. The number of nitrogens with one attached hydrogen (secondary N) is 3. The molecule has 0 aliphatic carbocycles. The van der Waals surface area contributed by atoms with Gasteiger partial charge in [-0.3, -0.25) is 9.59 Å². The summed E-state index contributed by atoms with van der Waals surface area (Å²) >= 11 is 0. The van der Waals surface area contributed by atoms with Crippen LogP contribution in [-0.4, -0.2) is 40.4 Å². The van der Waals surface area contributed by atoms with E-state index in [1.165, 1.54) is 19.2 Å². The van der Waals surface area contributed by atoms with Crippen LogP contribution >= 0.6 is 0 Å². The SMILES string of the molecule is COc1ccc(S(=O)(=O)NCCNC(=O)C[C@H](NC(=O)c2ccccc2)c2ccccc2)cc1. The number of ether oxygens (including phenoxy) is 1. The fourth-order valence-electron chi connectivity index (χ4n) is 3.25. The molecule has 0 bridgehead atoms. The maximum atomic E-state index is 12.6. The first-order valence-electron chi connectivity index (χ1n) is 10.7. The highest BCUT2D eigenvalue weighted by Crippen LogP contribution is 2.18. The Kier molecular flexibility index (Phi) is 8.78. The molecule has 0 heterocycles. The Morgan fingerprint density at radius 3 is 2.09 bits per heavy atom. The minimum absolute atomic E-state index is 0.00775. The van der Waals surface area contributed by atoms with Crippen LogP contribution in [0.25, 0.3) is 0 Å². The molecule has 0 saturated heterocycles. The monoisotopic (exact) mass is 481 g/mol. The highest BCUT2D eigenvalue weighted by Gasteiger charge is 2.19. The third-order valence-corrected chi connectivity index (χ3v) is 6.52. The van der Waals surface area contributed by atoms with E-state index in [1.807, 2.05) is 36.4 Å². The quantitative estimate of drug-likeness (QED) is 0.365. The molecule has 8 nitrogen and oxygen atoms in total. The lowest BCUT2D eigenvalue weighted by Crippen LogP contribution is -2.37. The summed E-state index contributed by atoms with van der Waals surface area (Å²) in [5.41, 5.74) is 1.29. The topological polar surface area (TPSA) is 114 Å². The predicted molar refractivity (Wildman–Crippen MR) is 129 cm³/mol. The van der Waals surface area contributed by atoms with Crippen molar-refractivity contribution in [2.45, 2.75) is 17.4 Å². The first-order valence-corrected chi connectivity index (χ1v) is 12.2. The van der Waals surface area contributed by atoms with Gasteiger partial charge in [0, 0.05) is 18.7 Å². The lowest BCUT2D eigenvalue weighted by molar-refractivity contribution is -0.121. The van der Waals surface area contributed by atoms with Crippen molar-refractivity contribution in [2.24, 2.45) is 0 Å². The van der Waals surface area contributed by atoms with Gasteiger partial charge in [0.15, 0.2) is 0 Å². The van der Waals surface area contributed by atoms with Crippen molar-refractivity contribution in [3.8, 4) is 5.75 Å². The van der Waals surface area contributed by atoms with Crippen LogP contribution in [0.2, 0.25) is 0 Å². The minimum Gasteiger partial charge on any atom is -0.497 e. The van der Waals surface area contributed by atoms with Crippen LogP contribution < -0.4 is 20.1 Å². The van der Waals surface area contributed by atoms with Crippen LogP contribution in [0, 0.1) is 0 Å². The molecule has 3 rings (SSSR count). The maximum Gasteiger partial charge on any atom is 0.251 e. The first kappa shape index (κ1) is 24.9. The van der Waals surface area contributed by atoms with Gasteiger partial charge >= 0.3 is 0 Å². The zero-order valence-electron chi connectivity index (χ0n) is 18.7. The van der Waals surface area contributed by atoms with Crippen LogP contribution in [0.5, 0.6) is 5.75 Å². The molecule has 0 unspecified atom stereocenters. The first-order chi connectivity index (χ1) is 16.4. The standard InChI is InChI=1S/C25H27N3O5S/c1-33-21-12-14-22(15-13-21)34(31,32)27-17-16-26-24(29)18-23(19-8-4-2-5-9-19)28-25(30)20-10-6-3-7-11-20/h2-15,23,27H,16-18H2,1H3,(H,26,29)(H,28,30)/t23-/m0/s1. The molecule has 3 aromatic rings. The van der Waals surface area contributed by atoms with Crippen molar-refractivity contribution in [3.05, 3.63) is 96.1 Å². The third kappa shape index (κ3) is 7.16. The third-order valence-electron chi connectivity index (χ3n) is 5.04. The van der Waals surface area contributed by atoms with E-state index < -0.39 is 16.1 Å². The smallest absolute Gasteiger partial charge is 0.251 e. The van der Waals surface area contributed by atoms with Crippen molar-refractivity contribution >= 4 is 21.8 Å². The largest absolute Gasteiger partial charge is 0.497 e. The van der Waals surface area contributed by atoms with E-state index in [2.05, 4.69) is 15.4 Å². The van der Waals surface area contributed by atoms with Gasteiger partial charge in [0.05, 0.1) is 24.5 Å². The molecule has 0 aliphatic rings. The summed E-state index contributed by atoms with van der Waals surface area (Å²) in [6, 6.07) is 23.4. The van der Waals surface area contributed by atoms with Crippen molar-refractivity contribution in [3.63, 3.8) is 0 Å². The fraction of sp³-hybridized carbons (Fsp3) is 0.200. The second-order valence-corrected chi connectivity index (χ2v) is 9.20. The van der Waals surface area contributed by atoms with Gasteiger partial charge in [0.1, 0.15) is 5.75 Å². The van der Waals surface area contributed by atoms with Crippen molar-refractivity contribution in [1.29, 1.82) is 0 Å². The lowest BCUT2D eigenvalue weighted by Gasteiger charge is -2.19. The number of carbonyl (C=O) groups is 2. The van der Waals surface area contributed by atoms with E-state index in [0.29, 0.717) is 11.3 Å². The molecule has 1 atom stereocenters. The summed E-state index contributed by atoms with van der Waals surface area (Å²) in [4.78, 5) is 25.3. The second kappa shape index (κ2) is 12.0. The summed E-state index contributed by atoms with van der Waals surface area (Å²) in [6.45, 7) is 0.120. The highest BCUT2D eigenvalue weighted by molar-refractivity contribution is 7.89. The van der Waals surface area contributed by atoms with Crippen molar-refractivity contribution in [2.75, 3.05) is 20.2 Å². The number of amides is 2. The summed E-state index contributed by atoms with van der Waals surface area (Å²) in [5.74, 6) is -0.0427. The van der Waals surface area contributed by atoms with Gasteiger partial charge in [-0.2, -0.15) is 0 Å². The number of benzene rings is 3. The maximum absolute atomic E-state index is 12.6. The molecule has 9 heteroatoms. The fourth-order valence-corrected chi connectivity index (χ4v) is 4.28. The van der Waals surface area contributed by atoms with E-state index in [-0.39, 0.29) is 36.2 Å². The number of rotatable bonds is 11. The van der Waals surface area contributed by atoms with Gasteiger partial charge in [-0.25, -0.2) is 13.1 Å². The van der Waals surface area contributed by atoms with Gasteiger partial charge in [-0.05, 0) is 42.0 Å². The lowest BCUT2D eigenvalue weighted by atomic mass is 10.0. The van der Waals surface area contributed by atoms with Crippen LogP contribution in [0.4, 0.5) is 0 Å². The summed E-state index contributed by atoms with van der Waals surface area (Å²) in [5, 5.41) is 5.61. The highest BCUT2D eigenvalue weighted by atomic mass is 32.2. The van der Waals surface area contributed by atoms with Gasteiger partial charge < -0.3 is 15.4 Å². The summed E-state index contributed by atoms with van der Waals surface area (Å²) in [7, 11) is -2.21. The Labute approximate surface area is 199 Å². The summed E-state index contributed by atoms with van der Waals surface area (Å²) in [6.07, 6.45) is 0.00775. The number of sulfonamides is 1. The predicted octanol–water partition coefficient (Wildman–Crippen LogP) is 2.65. The van der Waals surface area contributed by atoms with Gasteiger partial charge in [0.2, 0.25) is 15.9 Å². The molecule has 3 N–H and O–H groups in total. The molecule has 0 aliphatic heterocycles. The number of hydrogen-bond acceptors (Lipinski definition) is 5. The molecule has 0 radical (unpaired) electrons. The average Bonchev–Trinajstić information content (AvgIpc) is 2.87. The van der Waals surface area contributed by atoms with Gasteiger partial charge in [0.25, 0.3) is 5.91 Å². The van der Waals surface area contributed by atoms with Crippen molar-refractivity contribution < 1.29 is 22.7 Å². The molecule has 2 amide bonds. The van der Waals surface area contributed by atoms with Crippen LogP contribution in [0.3, 0.4) is 0 Å². The Morgan fingerprint density at radius 1 is 0.853 bits per heavy atom. The molecule has 0 spiro atoms. The van der Waals surface area contributed by atoms with E-state index in [4.69, 9.17) is 4.74 Å². The van der Waals surface area contributed by atoms with E-state index in [9.17, 15) is 18.0 Å². The van der Waals surface area contributed by atoms with Gasteiger partial charge in [-0.15, -0.1) is 0 Å². The van der Waals surface area contributed by atoms with Crippen LogP contribution in [-0.2, 0) is 14.8 Å². The van der Waals surface area contributed by atoms with Gasteiger partial charge in [-0.1, -0.05) is 48.5 Å². The Hall–Kier alpha value is -3.69. The van der Waals surface area contributed by atoms with E-state index >= 15 is 0 Å². The number of methoxy groups -OCH3 is 1. The Morgan fingerprint density at radius 2 is 1.47 bits per heavy atom.